The van der Waals surface area contributed by atoms with Crippen LogP contribution < -0.4 is 4.72 Å². The van der Waals surface area contributed by atoms with Gasteiger partial charge in [-0.2, -0.15) is 0 Å². The summed E-state index contributed by atoms with van der Waals surface area (Å²) >= 11 is 5.87. The molecule has 0 bridgehead atoms. The fourth-order valence-electron chi connectivity index (χ4n) is 3.17. The highest BCUT2D eigenvalue weighted by Crippen LogP contribution is 2.34. The molecule has 1 saturated heterocycles. The standard InChI is InChI=1S/C16H21ClN2O5S/c1-16(2,18-25(3,23)24)15(22)19-8-12(13(9-19)14(20)21)10-4-6-11(17)7-5-10/h4-7,12-13,18H,8-9H2,1-3H3,(H,20,21)/t12-,13+/m0/s1. The number of carbonyl (C=O) groups is 2. The number of hydrogen-bond acceptors (Lipinski definition) is 4. The van der Waals surface area contributed by atoms with E-state index < -0.39 is 33.4 Å². The van der Waals surface area contributed by atoms with E-state index in [1.54, 1.807) is 24.3 Å². The van der Waals surface area contributed by atoms with Crippen LogP contribution in [0.4, 0.5) is 0 Å². The molecule has 0 spiro atoms. The molecule has 1 aliphatic rings. The highest BCUT2D eigenvalue weighted by Gasteiger charge is 2.44. The Morgan fingerprint density at radius 3 is 2.28 bits per heavy atom. The molecule has 1 amide bonds. The molecule has 138 valence electrons. The first kappa shape index (κ1) is 19.7. The number of amides is 1. The van der Waals surface area contributed by atoms with E-state index in [4.69, 9.17) is 11.6 Å². The lowest BCUT2D eigenvalue weighted by Crippen LogP contribution is -2.55. The summed E-state index contributed by atoms with van der Waals surface area (Å²) in [6.07, 6.45) is 0.975. The second kappa shape index (κ2) is 6.93. The molecule has 1 fully saturated rings. The van der Waals surface area contributed by atoms with Gasteiger partial charge in [0.1, 0.15) is 5.54 Å². The fraction of sp³-hybridized carbons (Fsp3) is 0.500. The van der Waals surface area contributed by atoms with Crippen molar-refractivity contribution in [1.29, 1.82) is 0 Å². The molecule has 1 aliphatic heterocycles. The van der Waals surface area contributed by atoms with Crippen molar-refractivity contribution in [2.45, 2.75) is 25.3 Å². The molecular weight excluding hydrogens is 368 g/mol. The van der Waals surface area contributed by atoms with Crippen molar-refractivity contribution in [2.75, 3.05) is 19.3 Å². The van der Waals surface area contributed by atoms with Gasteiger partial charge in [0.25, 0.3) is 0 Å². The van der Waals surface area contributed by atoms with Crippen molar-refractivity contribution >= 4 is 33.5 Å². The van der Waals surface area contributed by atoms with Crippen molar-refractivity contribution in [3.05, 3.63) is 34.9 Å². The van der Waals surface area contributed by atoms with Gasteiger partial charge in [-0.3, -0.25) is 9.59 Å². The molecule has 7 nitrogen and oxygen atoms in total. The fourth-order valence-corrected chi connectivity index (χ4v) is 4.31. The molecule has 0 saturated carbocycles. The Morgan fingerprint density at radius 2 is 1.80 bits per heavy atom. The highest BCUT2D eigenvalue weighted by atomic mass is 35.5. The van der Waals surface area contributed by atoms with Crippen LogP contribution in [0.2, 0.25) is 5.02 Å². The summed E-state index contributed by atoms with van der Waals surface area (Å²) in [4.78, 5) is 25.8. The van der Waals surface area contributed by atoms with Crippen LogP contribution in [-0.4, -0.2) is 55.2 Å². The van der Waals surface area contributed by atoms with Gasteiger partial charge in [0.2, 0.25) is 15.9 Å². The monoisotopic (exact) mass is 388 g/mol. The molecule has 1 heterocycles. The molecule has 2 rings (SSSR count). The minimum absolute atomic E-state index is 0.0241. The molecule has 0 unspecified atom stereocenters. The Labute approximate surface area is 152 Å². The molecule has 0 aromatic heterocycles. The lowest BCUT2D eigenvalue weighted by Gasteiger charge is -2.29. The Bertz CT molecular complexity index is 776. The molecule has 9 heteroatoms. The van der Waals surface area contributed by atoms with Crippen molar-refractivity contribution in [1.82, 2.24) is 9.62 Å². The summed E-state index contributed by atoms with van der Waals surface area (Å²) in [5, 5.41) is 10.1. The predicted molar refractivity (Wildman–Crippen MR) is 94.0 cm³/mol. The summed E-state index contributed by atoms with van der Waals surface area (Å²) < 4.78 is 25.2. The van der Waals surface area contributed by atoms with Crippen LogP contribution in [0.25, 0.3) is 0 Å². The zero-order valence-electron chi connectivity index (χ0n) is 14.2. The van der Waals surface area contributed by atoms with Crippen LogP contribution in [0.5, 0.6) is 0 Å². The maximum atomic E-state index is 12.7. The SMILES string of the molecule is CC(C)(NS(C)(=O)=O)C(=O)N1C[C@@H](C(=O)O)[C@H](c2ccc(Cl)cc2)C1. The molecular formula is C16H21ClN2O5S. The molecule has 0 radical (unpaired) electrons. The van der Waals surface area contributed by atoms with E-state index in [-0.39, 0.29) is 19.0 Å². The van der Waals surface area contributed by atoms with Gasteiger partial charge in [0.05, 0.1) is 12.2 Å². The third-order valence-corrected chi connectivity index (χ3v) is 5.33. The summed E-state index contributed by atoms with van der Waals surface area (Å²) in [6.45, 7) is 3.15. The Hall–Kier alpha value is -1.64. The second-order valence-corrected chi connectivity index (χ2v) is 9.00. The van der Waals surface area contributed by atoms with Gasteiger partial charge in [0.15, 0.2) is 0 Å². The highest BCUT2D eigenvalue weighted by molar-refractivity contribution is 7.88. The molecule has 0 aliphatic carbocycles. The number of rotatable bonds is 5. The number of halogens is 1. The van der Waals surface area contributed by atoms with Gasteiger partial charge in [-0.1, -0.05) is 23.7 Å². The molecule has 25 heavy (non-hydrogen) atoms. The van der Waals surface area contributed by atoms with E-state index in [2.05, 4.69) is 4.72 Å². The number of carboxylic acids is 1. The zero-order valence-corrected chi connectivity index (χ0v) is 15.8. The largest absolute Gasteiger partial charge is 0.481 e. The van der Waals surface area contributed by atoms with Gasteiger partial charge in [-0.25, -0.2) is 13.1 Å². The number of carboxylic acid groups (broad SMARTS) is 1. The van der Waals surface area contributed by atoms with Gasteiger partial charge >= 0.3 is 5.97 Å². The van der Waals surface area contributed by atoms with E-state index >= 15 is 0 Å². The van der Waals surface area contributed by atoms with Crippen molar-refractivity contribution in [3.63, 3.8) is 0 Å². The zero-order chi connectivity index (χ0) is 19.0. The summed E-state index contributed by atoms with van der Waals surface area (Å²) in [6, 6.07) is 6.85. The second-order valence-electron chi connectivity index (χ2n) is 6.81. The van der Waals surface area contributed by atoms with E-state index in [0.717, 1.165) is 11.8 Å². The minimum atomic E-state index is -3.59. The summed E-state index contributed by atoms with van der Waals surface area (Å²) in [5.41, 5.74) is -0.577. The third kappa shape index (κ3) is 4.71. The molecule has 2 atom stereocenters. The average Bonchev–Trinajstić information content (AvgIpc) is 2.90. The Balaban J connectivity index is 2.25. The Morgan fingerprint density at radius 1 is 1.24 bits per heavy atom. The number of hydrogen-bond donors (Lipinski definition) is 2. The van der Waals surface area contributed by atoms with Crippen molar-refractivity contribution < 1.29 is 23.1 Å². The lowest BCUT2D eigenvalue weighted by molar-refractivity contribution is -0.142. The van der Waals surface area contributed by atoms with Gasteiger partial charge in [-0.15, -0.1) is 0 Å². The van der Waals surface area contributed by atoms with Gasteiger partial charge < -0.3 is 10.0 Å². The van der Waals surface area contributed by atoms with Crippen LogP contribution in [0.3, 0.4) is 0 Å². The van der Waals surface area contributed by atoms with Crippen LogP contribution in [0, 0.1) is 5.92 Å². The quantitative estimate of drug-likeness (QED) is 0.791. The molecule has 1 aromatic carbocycles. The topological polar surface area (TPSA) is 104 Å². The lowest BCUT2D eigenvalue weighted by atomic mass is 9.89. The van der Waals surface area contributed by atoms with Crippen LogP contribution in [0.1, 0.15) is 25.3 Å². The summed E-state index contributed by atoms with van der Waals surface area (Å²) in [5.74, 6) is -2.60. The first-order valence-corrected chi connectivity index (χ1v) is 9.94. The predicted octanol–water partition coefficient (Wildman–Crippen LogP) is 1.29. The van der Waals surface area contributed by atoms with Crippen LogP contribution in [-0.2, 0) is 19.6 Å². The van der Waals surface area contributed by atoms with Crippen molar-refractivity contribution in [2.24, 2.45) is 5.92 Å². The number of likely N-dealkylation sites (tertiary alicyclic amines) is 1. The first-order valence-electron chi connectivity index (χ1n) is 7.67. The number of benzene rings is 1. The van der Waals surface area contributed by atoms with Crippen LogP contribution in [0.15, 0.2) is 24.3 Å². The molecule has 1 aromatic rings. The maximum absolute atomic E-state index is 12.7. The summed E-state index contributed by atoms with van der Waals surface area (Å²) in [7, 11) is -3.59. The van der Waals surface area contributed by atoms with E-state index in [0.29, 0.717) is 5.02 Å². The average molecular weight is 389 g/mol. The number of carbonyl (C=O) groups excluding carboxylic acids is 1. The van der Waals surface area contributed by atoms with E-state index in [1.165, 1.54) is 18.7 Å². The number of nitrogens with zero attached hydrogens (tertiary/aromatic N) is 1. The minimum Gasteiger partial charge on any atom is -0.481 e. The number of nitrogens with one attached hydrogen (secondary N) is 1. The van der Waals surface area contributed by atoms with Gasteiger partial charge in [-0.05, 0) is 31.5 Å². The normalized spacial score (nSPS) is 21.4. The first-order chi connectivity index (χ1) is 11.4. The third-order valence-electron chi connectivity index (χ3n) is 4.20. The van der Waals surface area contributed by atoms with E-state index in [1.807, 2.05) is 0 Å². The smallest absolute Gasteiger partial charge is 0.308 e. The van der Waals surface area contributed by atoms with Crippen LogP contribution >= 0.6 is 11.6 Å². The van der Waals surface area contributed by atoms with E-state index in [9.17, 15) is 23.1 Å². The van der Waals surface area contributed by atoms with Crippen molar-refractivity contribution in [3.8, 4) is 0 Å². The maximum Gasteiger partial charge on any atom is 0.308 e. The number of sulfonamides is 1. The van der Waals surface area contributed by atoms with Gasteiger partial charge in [0, 0.05) is 24.0 Å². The molecule has 2 N–H and O–H groups in total. The Kier molecular flexibility index (Phi) is 5.46. The number of aliphatic carboxylic acids is 1.